The normalized spacial score (nSPS) is 17.2. The van der Waals surface area contributed by atoms with Gasteiger partial charge in [0.15, 0.2) is 0 Å². The average Bonchev–Trinajstić information content (AvgIpc) is 3.22. The topological polar surface area (TPSA) is 47.4 Å². The zero-order chi connectivity index (χ0) is 19.0. The summed E-state index contributed by atoms with van der Waals surface area (Å²) in [6.45, 7) is 6.14. The molecular formula is C22H25N3O2. The van der Waals surface area contributed by atoms with Crippen LogP contribution in [0, 0.1) is 13.8 Å². The number of amides is 1. The highest BCUT2D eigenvalue weighted by molar-refractivity contribution is 5.97. The van der Waals surface area contributed by atoms with Crippen molar-refractivity contribution in [3.05, 3.63) is 59.4 Å². The molecule has 0 spiro atoms. The third-order valence-corrected chi connectivity index (χ3v) is 5.35. The first-order chi connectivity index (χ1) is 13.1. The first kappa shape index (κ1) is 17.7. The van der Waals surface area contributed by atoms with Crippen LogP contribution in [-0.4, -0.2) is 35.7 Å². The number of aryl methyl sites for hydroxylation is 2. The molecule has 1 fully saturated rings. The van der Waals surface area contributed by atoms with Gasteiger partial charge in [-0.25, -0.2) is 4.98 Å². The predicted molar refractivity (Wildman–Crippen MR) is 107 cm³/mol. The van der Waals surface area contributed by atoms with Crippen molar-refractivity contribution >= 4 is 22.6 Å². The number of rotatable bonds is 5. The van der Waals surface area contributed by atoms with Crippen LogP contribution >= 0.6 is 0 Å². The van der Waals surface area contributed by atoms with Crippen molar-refractivity contribution in [2.24, 2.45) is 0 Å². The minimum absolute atomic E-state index is 0.0849. The fourth-order valence-corrected chi connectivity index (χ4v) is 3.95. The number of ether oxygens (including phenoxy) is 1. The van der Waals surface area contributed by atoms with Gasteiger partial charge in [0, 0.05) is 38.2 Å². The molecule has 140 valence electrons. The Hall–Kier alpha value is -2.66. The summed E-state index contributed by atoms with van der Waals surface area (Å²) >= 11 is 0. The van der Waals surface area contributed by atoms with Gasteiger partial charge in [-0.3, -0.25) is 4.79 Å². The fourth-order valence-electron chi connectivity index (χ4n) is 3.95. The standard InChI is InChI=1S/C22H25N3O2/c1-15-8-9-16(2)20(12-15)25-14-17(13-21(25)26)22-23-18-6-4-5-7-19(18)24(22)10-11-27-3/h4-9,12,17H,10-11,13-14H2,1-3H3/t17-/m1/s1. The Bertz CT molecular complexity index is 992. The largest absolute Gasteiger partial charge is 0.383 e. The van der Waals surface area contributed by atoms with E-state index in [1.807, 2.05) is 23.1 Å². The van der Waals surface area contributed by atoms with Crippen LogP contribution < -0.4 is 4.90 Å². The summed E-state index contributed by atoms with van der Waals surface area (Å²) < 4.78 is 7.51. The number of imidazole rings is 1. The van der Waals surface area contributed by atoms with Gasteiger partial charge < -0.3 is 14.2 Å². The molecule has 0 unspecified atom stereocenters. The molecule has 27 heavy (non-hydrogen) atoms. The summed E-state index contributed by atoms with van der Waals surface area (Å²) in [7, 11) is 1.71. The molecule has 5 nitrogen and oxygen atoms in total. The highest BCUT2D eigenvalue weighted by atomic mass is 16.5. The fraction of sp³-hybridized carbons (Fsp3) is 0.364. The first-order valence-corrected chi connectivity index (χ1v) is 9.40. The molecule has 1 atom stereocenters. The van der Waals surface area contributed by atoms with E-state index in [1.54, 1.807) is 7.11 Å². The number of nitrogens with zero attached hydrogens (tertiary/aromatic N) is 3. The van der Waals surface area contributed by atoms with Crippen LogP contribution in [0.1, 0.15) is 29.3 Å². The number of anilines is 1. The van der Waals surface area contributed by atoms with Crippen LogP contribution in [0.25, 0.3) is 11.0 Å². The molecule has 3 aromatic rings. The zero-order valence-electron chi connectivity index (χ0n) is 16.1. The van der Waals surface area contributed by atoms with Crippen LogP contribution in [0.3, 0.4) is 0 Å². The number of fused-ring (bicyclic) bond motifs is 1. The number of hydrogen-bond acceptors (Lipinski definition) is 3. The molecular weight excluding hydrogens is 338 g/mol. The van der Waals surface area contributed by atoms with Gasteiger partial charge in [0.1, 0.15) is 5.82 Å². The van der Waals surface area contributed by atoms with E-state index >= 15 is 0 Å². The smallest absolute Gasteiger partial charge is 0.227 e. The summed E-state index contributed by atoms with van der Waals surface area (Å²) in [4.78, 5) is 19.6. The molecule has 2 aromatic carbocycles. The van der Waals surface area contributed by atoms with Crippen molar-refractivity contribution in [1.82, 2.24) is 9.55 Å². The van der Waals surface area contributed by atoms with E-state index in [4.69, 9.17) is 9.72 Å². The van der Waals surface area contributed by atoms with Crippen molar-refractivity contribution < 1.29 is 9.53 Å². The van der Waals surface area contributed by atoms with Crippen LogP contribution in [0.5, 0.6) is 0 Å². The second-order valence-electron chi connectivity index (χ2n) is 7.30. The predicted octanol–water partition coefficient (Wildman–Crippen LogP) is 3.82. The van der Waals surface area contributed by atoms with Gasteiger partial charge in [0.25, 0.3) is 0 Å². The maximum atomic E-state index is 12.8. The van der Waals surface area contributed by atoms with E-state index in [0.717, 1.165) is 34.7 Å². The van der Waals surface area contributed by atoms with E-state index in [-0.39, 0.29) is 11.8 Å². The minimum Gasteiger partial charge on any atom is -0.383 e. The maximum absolute atomic E-state index is 12.8. The Morgan fingerprint density at radius 1 is 1.19 bits per heavy atom. The highest BCUT2D eigenvalue weighted by Crippen LogP contribution is 2.34. The van der Waals surface area contributed by atoms with Crippen molar-refractivity contribution in [3.63, 3.8) is 0 Å². The van der Waals surface area contributed by atoms with Crippen molar-refractivity contribution in [3.8, 4) is 0 Å². The van der Waals surface area contributed by atoms with Crippen LogP contribution in [-0.2, 0) is 16.1 Å². The Morgan fingerprint density at radius 2 is 2.00 bits per heavy atom. The molecule has 4 rings (SSSR count). The molecule has 0 radical (unpaired) electrons. The lowest BCUT2D eigenvalue weighted by Gasteiger charge is -2.20. The Kier molecular flexibility index (Phi) is 4.70. The molecule has 1 aromatic heterocycles. The second-order valence-corrected chi connectivity index (χ2v) is 7.30. The lowest BCUT2D eigenvalue weighted by molar-refractivity contribution is -0.117. The molecule has 1 amide bonds. The molecule has 1 aliphatic rings. The van der Waals surface area contributed by atoms with Gasteiger partial charge in [-0.1, -0.05) is 24.3 Å². The van der Waals surface area contributed by atoms with Crippen LogP contribution in [0.4, 0.5) is 5.69 Å². The van der Waals surface area contributed by atoms with Crippen LogP contribution in [0.2, 0.25) is 0 Å². The summed E-state index contributed by atoms with van der Waals surface area (Å²) in [6.07, 6.45) is 0.490. The molecule has 5 heteroatoms. The minimum atomic E-state index is 0.0849. The number of benzene rings is 2. The van der Waals surface area contributed by atoms with Gasteiger partial charge in [0.05, 0.1) is 17.6 Å². The first-order valence-electron chi connectivity index (χ1n) is 9.40. The van der Waals surface area contributed by atoms with E-state index in [0.29, 0.717) is 19.6 Å². The molecule has 0 saturated carbocycles. The third kappa shape index (κ3) is 3.23. The van der Waals surface area contributed by atoms with Crippen LogP contribution in [0.15, 0.2) is 42.5 Å². The van der Waals surface area contributed by atoms with Gasteiger partial charge in [-0.2, -0.15) is 0 Å². The summed E-state index contributed by atoms with van der Waals surface area (Å²) in [5, 5.41) is 0. The van der Waals surface area contributed by atoms with Gasteiger partial charge in [-0.05, 0) is 43.2 Å². The van der Waals surface area contributed by atoms with E-state index in [9.17, 15) is 4.79 Å². The molecule has 0 N–H and O–H groups in total. The van der Waals surface area contributed by atoms with Crippen molar-refractivity contribution in [2.75, 3.05) is 25.2 Å². The van der Waals surface area contributed by atoms with Crippen molar-refractivity contribution in [2.45, 2.75) is 32.7 Å². The molecule has 1 aliphatic heterocycles. The van der Waals surface area contributed by atoms with Crippen molar-refractivity contribution in [1.29, 1.82) is 0 Å². The van der Waals surface area contributed by atoms with E-state index < -0.39 is 0 Å². The Morgan fingerprint density at radius 3 is 2.81 bits per heavy atom. The maximum Gasteiger partial charge on any atom is 0.227 e. The van der Waals surface area contributed by atoms with E-state index in [2.05, 4.69) is 42.7 Å². The van der Waals surface area contributed by atoms with Gasteiger partial charge in [0.2, 0.25) is 5.91 Å². The number of hydrogen-bond donors (Lipinski definition) is 0. The monoisotopic (exact) mass is 363 g/mol. The molecule has 0 bridgehead atoms. The molecule has 0 aliphatic carbocycles. The Balaban J connectivity index is 1.70. The van der Waals surface area contributed by atoms with Gasteiger partial charge in [-0.15, -0.1) is 0 Å². The third-order valence-electron chi connectivity index (χ3n) is 5.35. The summed E-state index contributed by atoms with van der Waals surface area (Å²) in [6, 6.07) is 14.4. The van der Waals surface area contributed by atoms with Gasteiger partial charge >= 0.3 is 0 Å². The highest BCUT2D eigenvalue weighted by Gasteiger charge is 2.35. The molecule has 1 saturated heterocycles. The average molecular weight is 363 g/mol. The summed E-state index contributed by atoms with van der Waals surface area (Å²) in [5.41, 5.74) is 5.38. The number of para-hydroxylation sites is 2. The lowest BCUT2D eigenvalue weighted by Crippen LogP contribution is -2.25. The Labute approximate surface area is 159 Å². The second kappa shape index (κ2) is 7.16. The SMILES string of the molecule is COCCn1c([C@@H]2CC(=O)N(c3cc(C)ccc3C)C2)nc2ccccc21. The summed E-state index contributed by atoms with van der Waals surface area (Å²) in [5.74, 6) is 1.23. The number of carbonyl (C=O) groups is 1. The quantitative estimate of drug-likeness (QED) is 0.692. The number of aromatic nitrogens is 2. The van der Waals surface area contributed by atoms with E-state index in [1.165, 1.54) is 5.56 Å². The zero-order valence-corrected chi connectivity index (χ0v) is 16.1. The lowest BCUT2D eigenvalue weighted by atomic mass is 10.1. The molecule has 2 heterocycles. The number of methoxy groups -OCH3 is 1. The number of carbonyl (C=O) groups excluding carboxylic acids is 1.